The van der Waals surface area contributed by atoms with Crippen LogP contribution in [0.5, 0.6) is 0 Å². The van der Waals surface area contributed by atoms with Crippen LogP contribution in [-0.2, 0) is 4.74 Å². The van der Waals surface area contributed by atoms with Gasteiger partial charge in [0.25, 0.3) is 0 Å². The second-order valence-electron chi connectivity index (χ2n) is 8.29. The van der Waals surface area contributed by atoms with Gasteiger partial charge in [-0.3, -0.25) is 0 Å². The highest BCUT2D eigenvalue weighted by atomic mass is 19.2. The predicted octanol–water partition coefficient (Wildman–Crippen LogP) is 6.97. The Hall–Kier alpha value is -2.77. The summed E-state index contributed by atoms with van der Waals surface area (Å²) in [6.07, 6.45) is 6.08. The molecule has 1 fully saturated rings. The first-order valence-corrected chi connectivity index (χ1v) is 10.7. The van der Waals surface area contributed by atoms with Crippen LogP contribution in [-0.4, -0.2) is 13.7 Å². The zero-order valence-electron chi connectivity index (χ0n) is 17.6. The standard InChI is InChI=1S/C27H25F3O/c1-31-15-14-19-6-11-22(12-7-19)21-9-4-18(5-10-21)2-3-20-8-13-24-23(16-20)17-25(28)27(30)26(24)29/h4-5,8-10,13,16-17,19,22H,6-7,11-12,14-15H2,1H3. The van der Waals surface area contributed by atoms with Crippen molar-refractivity contribution in [3.05, 3.63) is 82.7 Å². The Bertz CT molecular complexity index is 1120. The number of fused-ring (bicyclic) bond motifs is 1. The van der Waals surface area contributed by atoms with Crippen LogP contribution in [0.4, 0.5) is 13.2 Å². The zero-order valence-corrected chi connectivity index (χ0v) is 17.6. The number of methoxy groups -OCH3 is 1. The molecular formula is C27H25F3O. The fourth-order valence-electron chi connectivity index (χ4n) is 4.43. The van der Waals surface area contributed by atoms with Crippen LogP contribution in [0.15, 0.2) is 48.5 Å². The number of hydrogen-bond donors (Lipinski definition) is 0. The van der Waals surface area contributed by atoms with E-state index in [1.54, 1.807) is 19.2 Å². The van der Waals surface area contributed by atoms with Crippen LogP contribution in [0.2, 0.25) is 0 Å². The van der Waals surface area contributed by atoms with Gasteiger partial charge in [-0.15, -0.1) is 0 Å². The van der Waals surface area contributed by atoms with Crippen LogP contribution in [0, 0.1) is 35.2 Å². The third-order valence-electron chi connectivity index (χ3n) is 6.28. The van der Waals surface area contributed by atoms with Gasteiger partial charge in [0.1, 0.15) is 0 Å². The Balaban J connectivity index is 1.44. The van der Waals surface area contributed by atoms with Crippen molar-refractivity contribution in [2.24, 2.45) is 5.92 Å². The highest BCUT2D eigenvalue weighted by Gasteiger charge is 2.22. The van der Waals surface area contributed by atoms with E-state index in [0.717, 1.165) is 30.6 Å². The number of halogens is 3. The van der Waals surface area contributed by atoms with Crippen molar-refractivity contribution >= 4 is 10.8 Å². The molecule has 4 rings (SSSR count). The number of benzene rings is 3. The lowest BCUT2D eigenvalue weighted by atomic mass is 9.77. The van der Waals surface area contributed by atoms with Gasteiger partial charge in [0.15, 0.2) is 17.5 Å². The topological polar surface area (TPSA) is 9.23 Å². The quantitative estimate of drug-likeness (QED) is 0.326. The molecule has 0 atom stereocenters. The Kier molecular flexibility index (Phi) is 6.63. The summed E-state index contributed by atoms with van der Waals surface area (Å²) in [5.74, 6) is 3.70. The van der Waals surface area contributed by atoms with E-state index < -0.39 is 17.5 Å². The van der Waals surface area contributed by atoms with Crippen LogP contribution in [0.25, 0.3) is 10.8 Å². The fourth-order valence-corrected chi connectivity index (χ4v) is 4.43. The van der Waals surface area contributed by atoms with Gasteiger partial charge in [-0.25, -0.2) is 13.2 Å². The van der Waals surface area contributed by atoms with Gasteiger partial charge in [0, 0.05) is 30.2 Å². The highest BCUT2D eigenvalue weighted by molar-refractivity contribution is 5.84. The van der Waals surface area contributed by atoms with E-state index in [-0.39, 0.29) is 5.39 Å². The first-order valence-electron chi connectivity index (χ1n) is 10.7. The molecule has 3 aromatic carbocycles. The van der Waals surface area contributed by atoms with E-state index in [2.05, 4.69) is 24.0 Å². The minimum Gasteiger partial charge on any atom is -0.385 e. The molecule has 4 heteroatoms. The van der Waals surface area contributed by atoms with E-state index in [1.165, 1.54) is 37.3 Å². The molecule has 0 saturated heterocycles. The summed E-state index contributed by atoms with van der Waals surface area (Å²) in [7, 11) is 1.76. The van der Waals surface area contributed by atoms with Crippen LogP contribution >= 0.6 is 0 Å². The molecule has 0 aliphatic heterocycles. The maximum absolute atomic E-state index is 13.9. The summed E-state index contributed by atoms with van der Waals surface area (Å²) in [6.45, 7) is 0.848. The zero-order chi connectivity index (χ0) is 21.8. The first kappa shape index (κ1) is 21.5. The molecule has 1 aliphatic carbocycles. The van der Waals surface area contributed by atoms with Crippen LogP contribution < -0.4 is 0 Å². The van der Waals surface area contributed by atoms with Gasteiger partial charge < -0.3 is 4.74 Å². The van der Waals surface area contributed by atoms with Gasteiger partial charge in [-0.05, 0) is 85.2 Å². The van der Waals surface area contributed by atoms with Gasteiger partial charge >= 0.3 is 0 Å². The Labute approximate surface area is 181 Å². The van der Waals surface area contributed by atoms with Crippen molar-refractivity contribution in [1.82, 2.24) is 0 Å². The molecule has 1 nitrogen and oxygen atoms in total. The van der Waals surface area contributed by atoms with Gasteiger partial charge in [0.2, 0.25) is 0 Å². The minimum absolute atomic E-state index is 0.0470. The van der Waals surface area contributed by atoms with Crippen molar-refractivity contribution in [2.45, 2.75) is 38.0 Å². The molecule has 31 heavy (non-hydrogen) atoms. The number of ether oxygens (including phenoxy) is 1. The Morgan fingerprint density at radius 3 is 2.23 bits per heavy atom. The molecule has 0 spiro atoms. The first-order chi connectivity index (χ1) is 15.0. The average Bonchev–Trinajstić information content (AvgIpc) is 2.80. The SMILES string of the molecule is COCCC1CCC(c2ccc(C#Cc3ccc4c(F)c(F)c(F)cc4c3)cc2)CC1. The lowest BCUT2D eigenvalue weighted by Gasteiger charge is -2.28. The molecule has 1 saturated carbocycles. The normalized spacial score (nSPS) is 18.6. The lowest BCUT2D eigenvalue weighted by Crippen LogP contribution is -2.14. The summed E-state index contributed by atoms with van der Waals surface area (Å²) in [4.78, 5) is 0. The second kappa shape index (κ2) is 9.58. The van der Waals surface area contributed by atoms with E-state index in [0.29, 0.717) is 16.9 Å². The average molecular weight is 422 g/mol. The van der Waals surface area contributed by atoms with Crippen molar-refractivity contribution in [1.29, 1.82) is 0 Å². The smallest absolute Gasteiger partial charge is 0.195 e. The van der Waals surface area contributed by atoms with Gasteiger partial charge in [-0.1, -0.05) is 30.0 Å². The monoisotopic (exact) mass is 422 g/mol. The van der Waals surface area contributed by atoms with Gasteiger partial charge in [-0.2, -0.15) is 0 Å². The van der Waals surface area contributed by atoms with E-state index in [1.807, 2.05) is 12.1 Å². The molecule has 0 bridgehead atoms. The molecule has 0 amide bonds. The molecule has 160 valence electrons. The number of rotatable bonds is 4. The Morgan fingerprint density at radius 1 is 0.839 bits per heavy atom. The maximum Gasteiger partial charge on any atom is 0.195 e. The summed E-state index contributed by atoms with van der Waals surface area (Å²) in [5.41, 5.74) is 2.86. The van der Waals surface area contributed by atoms with Crippen molar-refractivity contribution < 1.29 is 17.9 Å². The van der Waals surface area contributed by atoms with Crippen molar-refractivity contribution in [3.63, 3.8) is 0 Å². The lowest BCUT2D eigenvalue weighted by molar-refractivity contribution is 0.163. The highest BCUT2D eigenvalue weighted by Crippen LogP contribution is 2.37. The predicted molar refractivity (Wildman–Crippen MR) is 117 cm³/mol. The summed E-state index contributed by atoms with van der Waals surface area (Å²) in [5, 5.41) is 0.338. The molecule has 0 N–H and O–H groups in total. The minimum atomic E-state index is -1.45. The summed E-state index contributed by atoms with van der Waals surface area (Å²) < 4.78 is 45.9. The summed E-state index contributed by atoms with van der Waals surface area (Å²) in [6, 6.07) is 14.0. The second-order valence-corrected chi connectivity index (χ2v) is 8.29. The van der Waals surface area contributed by atoms with Crippen molar-refractivity contribution in [3.8, 4) is 11.8 Å². The van der Waals surface area contributed by atoms with Crippen molar-refractivity contribution in [2.75, 3.05) is 13.7 Å². The van der Waals surface area contributed by atoms with Crippen LogP contribution in [0.3, 0.4) is 0 Å². The molecule has 3 aromatic rings. The summed E-state index contributed by atoms with van der Waals surface area (Å²) >= 11 is 0. The largest absolute Gasteiger partial charge is 0.385 e. The maximum atomic E-state index is 13.9. The van der Waals surface area contributed by atoms with E-state index in [9.17, 15) is 13.2 Å². The third kappa shape index (κ3) is 4.94. The molecule has 0 unspecified atom stereocenters. The van der Waals surface area contributed by atoms with E-state index in [4.69, 9.17) is 4.74 Å². The Morgan fingerprint density at radius 2 is 1.52 bits per heavy atom. The van der Waals surface area contributed by atoms with E-state index >= 15 is 0 Å². The van der Waals surface area contributed by atoms with Gasteiger partial charge in [0.05, 0.1) is 0 Å². The molecule has 0 radical (unpaired) electrons. The third-order valence-corrected chi connectivity index (χ3v) is 6.28. The molecule has 0 aromatic heterocycles. The fraction of sp³-hybridized carbons (Fsp3) is 0.333. The van der Waals surface area contributed by atoms with Crippen LogP contribution in [0.1, 0.15) is 54.7 Å². The molecular weight excluding hydrogens is 397 g/mol. The molecule has 1 aliphatic rings. The molecule has 0 heterocycles. The number of hydrogen-bond acceptors (Lipinski definition) is 1.